The Morgan fingerprint density at radius 3 is 2.15 bits per heavy atom. The van der Waals surface area contributed by atoms with Gasteiger partial charge < -0.3 is 9.64 Å². The van der Waals surface area contributed by atoms with Crippen LogP contribution in [0.5, 0.6) is 5.75 Å². The molecular formula is C20H24N2O3S. The van der Waals surface area contributed by atoms with Crippen molar-refractivity contribution >= 4 is 26.6 Å². The van der Waals surface area contributed by atoms with E-state index in [2.05, 4.69) is 18.7 Å². The van der Waals surface area contributed by atoms with E-state index >= 15 is 0 Å². The van der Waals surface area contributed by atoms with Crippen LogP contribution in [0.15, 0.2) is 48.5 Å². The molecule has 3 rings (SSSR count). The summed E-state index contributed by atoms with van der Waals surface area (Å²) in [7, 11) is -1.88. The first-order chi connectivity index (χ1) is 12.4. The summed E-state index contributed by atoms with van der Waals surface area (Å²) in [6.07, 6.45) is 1.25. The number of fused-ring (bicyclic) bond motifs is 1. The van der Waals surface area contributed by atoms with Gasteiger partial charge in [0.15, 0.2) is 0 Å². The van der Waals surface area contributed by atoms with Gasteiger partial charge in [-0.05, 0) is 44.2 Å². The van der Waals surface area contributed by atoms with E-state index in [1.54, 1.807) is 7.11 Å². The monoisotopic (exact) mass is 372 g/mol. The van der Waals surface area contributed by atoms with Crippen LogP contribution in [-0.4, -0.2) is 38.8 Å². The van der Waals surface area contributed by atoms with Gasteiger partial charge in [-0.1, -0.05) is 18.2 Å². The van der Waals surface area contributed by atoms with Gasteiger partial charge in [-0.25, -0.2) is 12.4 Å². The van der Waals surface area contributed by atoms with E-state index in [1.807, 2.05) is 48.5 Å². The number of methoxy groups -OCH3 is 1. The molecule has 0 fully saturated rings. The largest absolute Gasteiger partial charge is 0.497 e. The third-order valence-corrected chi connectivity index (χ3v) is 5.62. The molecule has 0 atom stereocenters. The van der Waals surface area contributed by atoms with Crippen molar-refractivity contribution in [2.45, 2.75) is 13.8 Å². The van der Waals surface area contributed by atoms with Crippen LogP contribution in [0, 0.1) is 0 Å². The molecule has 138 valence electrons. The molecule has 1 heterocycles. The zero-order chi connectivity index (χ0) is 18.9. The Morgan fingerprint density at radius 2 is 1.62 bits per heavy atom. The first kappa shape index (κ1) is 18.3. The van der Waals surface area contributed by atoms with Crippen molar-refractivity contribution < 1.29 is 13.2 Å². The summed E-state index contributed by atoms with van der Waals surface area (Å²) in [5.41, 5.74) is 3.18. The third-order valence-electron chi connectivity index (χ3n) is 4.58. The molecule has 0 aliphatic carbocycles. The number of para-hydroxylation sites is 1. The van der Waals surface area contributed by atoms with Crippen LogP contribution in [0.1, 0.15) is 13.8 Å². The van der Waals surface area contributed by atoms with Crippen molar-refractivity contribution in [1.29, 1.82) is 0 Å². The summed E-state index contributed by atoms with van der Waals surface area (Å²) >= 11 is 0. The van der Waals surface area contributed by atoms with E-state index in [-0.39, 0.29) is 0 Å². The molecule has 1 aromatic heterocycles. The smallest absolute Gasteiger partial charge is 0.236 e. The summed E-state index contributed by atoms with van der Waals surface area (Å²) < 4.78 is 32.1. The molecule has 0 spiro atoms. The molecule has 0 saturated carbocycles. The Hall–Kier alpha value is -2.47. The first-order valence-corrected chi connectivity index (χ1v) is 10.5. The lowest BCUT2D eigenvalue weighted by Crippen LogP contribution is -2.23. The zero-order valence-electron chi connectivity index (χ0n) is 15.6. The second kappa shape index (κ2) is 7.03. The van der Waals surface area contributed by atoms with Crippen molar-refractivity contribution in [2.24, 2.45) is 0 Å². The van der Waals surface area contributed by atoms with Crippen LogP contribution in [0.2, 0.25) is 0 Å². The van der Waals surface area contributed by atoms with E-state index < -0.39 is 10.0 Å². The number of ether oxygens (including phenoxy) is 1. The number of anilines is 1. The Morgan fingerprint density at radius 1 is 1.00 bits per heavy atom. The lowest BCUT2D eigenvalue weighted by Gasteiger charge is -2.23. The normalized spacial score (nSPS) is 11.7. The highest BCUT2D eigenvalue weighted by molar-refractivity contribution is 7.89. The van der Waals surface area contributed by atoms with E-state index in [0.29, 0.717) is 11.2 Å². The molecule has 0 unspecified atom stereocenters. The zero-order valence-corrected chi connectivity index (χ0v) is 16.4. The van der Waals surface area contributed by atoms with Gasteiger partial charge in [-0.3, -0.25) is 0 Å². The quantitative estimate of drug-likeness (QED) is 0.657. The van der Waals surface area contributed by atoms with Crippen LogP contribution >= 0.6 is 0 Å². The van der Waals surface area contributed by atoms with Crippen molar-refractivity contribution in [1.82, 2.24) is 3.97 Å². The van der Waals surface area contributed by atoms with Crippen LogP contribution in [0.3, 0.4) is 0 Å². The highest BCUT2D eigenvalue weighted by Crippen LogP contribution is 2.41. The lowest BCUT2D eigenvalue weighted by molar-refractivity contribution is 0.415. The topological polar surface area (TPSA) is 51.5 Å². The Bertz CT molecular complexity index is 1020. The van der Waals surface area contributed by atoms with Crippen LogP contribution < -0.4 is 9.64 Å². The van der Waals surface area contributed by atoms with Gasteiger partial charge in [-0.2, -0.15) is 0 Å². The summed E-state index contributed by atoms with van der Waals surface area (Å²) in [5.74, 6) is 0.736. The van der Waals surface area contributed by atoms with Crippen LogP contribution in [0.25, 0.3) is 22.2 Å². The van der Waals surface area contributed by atoms with Gasteiger partial charge >= 0.3 is 0 Å². The first-order valence-electron chi connectivity index (χ1n) is 8.65. The average molecular weight is 372 g/mol. The Labute approximate surface area is 154 Å². The molecule has 6 heteroatoms. The maximum atomic E-state index is 12.7. The van der Waals surface area contributed by atoms with Gasteiger partial charge in [0.25, 0.3) is 0 Å². The van der Waals surface area contributed by atoms with Gasteiger partial charge in [0.1, 0.15) is 5.75 Å². The molecule has 3 aromatic rings. The Kier molecular flexibility index (Phi) is 4.96. The molecule has 0 aliphatic heterocycles. The van der Waals surface area contributed by atoms with E-state index in [0.717, 1.165) is 35.5 Å². The minimum Gasteiger partial charge on any atom is -0.497 e. The van der Waals surface area contributed by atoms with E-state index in [9.17, 15) is 8.42 Å². The SMILES string of the molecule is CCN(CC)c1c(-c2ccc(OC)cc2)n(S(C)(=O)=O)c2ccccc12. The summed E-state index contributed by atoms with van der Waals surface area (Å²) in [6.45, 7) is 5.73. The van der Waals surface area contributed by atoms with E-state index in [1.165, 1.54) is 10.2 Å². The van der Waals surface area contributed by atoms with Crippen molar-refractivity contribution in [3.05, 3.63) is 48.5 Å². The highest BCUT2D eigenvalue weighted by Gasteiger charge is 2.26. The fourth-order valence-electron chi connectivity index (χ4n) is 3.40. The summed E-state index contributed by atoms with van der Waals surface area (Å²) in [4.78, 5) is 2.20. The predicted octanol–water partition coefficient (Wildman–Crippen LogP) is 3.97. The lowest BCUT2D eigenvalue weighted by atomic mass is 10.1. The minimum atomic E-state index is -3.49. The highest BCUT2D eigenvalue weighted by atomic mass is 32.2. The van der Waals surface area contributed by atoms with E-state index in [4.69, 9.17) is 4.74 Å². The standard InChI is InChI=1S/C20H24N2O3S/c1-5-21(6-2)20-17-9-7-8-10-18(17)22(26(4,23)24)19(20)15-11-13-16(25-3)14-12-15/h7-14H,5-6H2,1-4H3. The molecule has 0 N–H and O–H groups in total. The van der Waals surface area contributed by atoms with Crippen molar-refractivity contribution in [2.75, 3.05) is 31.4 Å². The second-order valence-corrected chi connectivity index (χ2v) is 7.97. The van der Waals surface area contributed by atoms with Crippen molar-refractivity contribution in [3.63, 3.8) is 0 Å². The summed E-state index contributed by atoms with van der Waals surface area (Å²) in [6, 6.07) is 15.2. The van der Waals surface area contributed by atoms with Gasteiger partial charge in [0, 0.05) is 24.0 Å². The molecule has 0 saturated heterocycles. The molecular weight excluding hydrogens is 348 g/mol. The maximum absolute atomic E-state index is 12.7. The fraction of sp³-hybridized carbons (Fsp3) is 0.300. The van der Waals surface area contributed by atoms with Gasteiger partial charge in [0.05, 0.1) is 30.3 Å². The molecule has 2 aromatic carbocycles. The number of rotatable bonds is 6. The molecule has 0 bridgehead atoms. The molecule has 0 aliphatic rings. The Balaban J connectivity index is 2.46. The number of benzene rings is 2. The van der Waals surface area contributed by atoms with Gasteiger partial charge in [-0.15, -0.1) is 0 Å². The predicted molar refractivity (Wildman–Crippen MR) is 108 cm³/mol. The fourth-order valence-corrected chi connectivity index (χ4v) is 4.44. The molecule has 5 nitrogen and oxygen atoms in total. The van der Waals surface area contributed by atoms with Crippen LogP contribution in [-0.2, 0) is 10.0 Å². The number of nitrogens with zero attached hydrogens (tertiary/aromatic N) is 2. The van der Waals surface area contributed by atoms with Gasteiger partial charge in [0.2, 0.25) is 10.0 Å². The number of hydrogen-bond donors (Lipinski definition) is 0. The van der Waals surface area contributed by atoms with Crippen molar-refractivity contribution in [3.8, 4) is 17.0 Å². The third kappa shape index (κ3) is 3.05. The molecule has 0 radical (unpaired) electrons. The molecule has 0 amide bonds. The average Bonchev–Trinajstić information content (AvgIpc) is 2.98. The van der Waals surface area contributed by atoms with Crippen LogP contribution in [0.4, 0.5) is 5.69 Å². The maximum Gasteiger partial charge on any atom is 0.236 e. The molecule has 26 heavy (non-hydrogen) atoms. The number of hydrogen-bond acceptors (Lipinski definition) is 4. The number of aromatic nitrogens is 1. The minimum absolute atomic E-state index is 0.694. The second-order valence-electron chi connectivity index (χ2n) is 6.14. The summed E-state index contributed by atoms with van der Waals surface area (Å²) in [5, 5.41) is 0.937.